The molecule has 0 bridgehead atoms. The van der Waals surface area contributed by atoms with Crippen molar-refractivity contribution in [2.24, 2.45) is 0 Å². The third-order valence-electron chi connectivity index (χ3n) is 13.5. The molecule has 1 unspecified atom stereocenters. The van der Waals surface area contributed by atoms with Gasteiger partial charge in [0.15, 0.2) is 0 Å². The molecule has 0 fully saturated rings. The number of fused-ring (bicyclic) bond motifs is 8. The van der Waals surface area contributed by atoms with Gasteiger partial charge in [0.05, 0.1) is 5.69 Å². The first-order valence-electron chi connectivity index (χ1n) is 24.1. The van der Waals surface area contributed by atoms with Gasteiger partial charge in [-0.15, -0.1) is 0 Å². The van der Waals surface area contributed by atoms with Gasteiger partial charge in [0.25, 0.3) is 0 Å². The number of para-hydroxylation sites is 1. The molecule has 0 amide bonds. The molecule has 11 aromatic carbocycles. The Kier molecular flexibility index (Phi) is 11.9. The third-order valence-corrected chi connectivity index (χ3v) is 13.5. The van der Waals surface area contributed by atoms with Gasteiger partial charge in [-0.1, -0.05) is 205 Å². The zero-order chi connectivity index (χ0) is 46.7. The number of aryl methyl sites for hydroxylation is 3. The van der Waals surface area contributed by atoms with Crippen LogP contribution in [0.3, 0.4) is 0 Å². The lowest BCUT2D eigenvalue weighted by molar-refractivity contribution is 0.820. The standard InChI is InChI=1S/C49H36N2.C11H10.C7H8/c1-33-27-39(31-43(28-33)50(40-14-3-2-4-15-40)41-23-21-34-11-5-6-13-36(34)29-41)37-22-25-47-46-17-9-10-18-48(46)51(49(47)32-37)42-24-26-45-38(30-42)20-19-35-12-7-8-16-44(35)45;1-9-6-7-10-4-2-3-5-11(10)8-9;1-7-5-3-2-4-6-7/h2-16,18-32,46H,17H2,1H3;2-8H,1H3;2-6H,1H3. The minimum Gasteiger partial charge on any atom is -0.313 e. The molecule has 69 heavy (non-hydrogen) atoms. The van der Waals surface area contributed by atoms with E-state index in [9.17, 15) is 0 Å². The van der Waals surface area contributed by atoms with Crippen LogP contribution in [0, 0.1) is 20.8 Å². The van der Waals surface area contributed by atoms with Crippen molar-refractivity contribution in [1.29, 1.82) is 0 Å². The molecule has 1 heterocycles. The first kappa shape index (κ1) is 43.1. The predicted molar refractivity (Wildman–Crippen MR) is 297 cm³/mol. The summed E-state index contributed by atoms with van der Waals surface area (Å²) in [5.41, 5.74) is 14.9. The highest BCUT2D eigenvalue weighted by Gasteiger charge is 2.35. The third kappa shape index (κ3) is 8.93. The molecule has 11 aromatic rings. The Morgan fingerprint density at radius 3 is 1.78 bits per heavy atom. The second-order valence-corrected chi connectivity index (χ2v) is 18.4. The van der Waals surface area contributed by atoms with E-state index in [0.29, 0.717) is 5.92 Å². The van der Waals surface area contributed by atoms with Gasteiger partial charge in [0.2, 0.25) is 0 Å². The van der Waals surface area contributed by atoms with Crippen molar-refractivity contribution in [1.82, 2.24) is 0 Å². The number of anilines is 5. The summed E-state index contributed by atoms with van der Waals surface area (Å²) in [5.74, 6) is 0.348. The Hall–Kier alpha value is -8.46. The number of benzene rings is 11. The molecule has 1 atom stereocenters. The average Bonchev–Trinajstić information content (AvgIpc) is 3.73. The highest BCUT2D eigenvalue weighted by atomic mass is 15.2. The zero-order valence-electron chi connectivity index (χ0n) is 39.4. The molecule has 0 saturated carbocycles. The minimum atomic E-state index is 0.348. The maximum atomic E-state index is 2.50. The van der Waals surface area contributed by atoms with Crippen molar-refractivity contribution in [3.63, 3.8) is 0 Å². The highest BCUT2D eigenvalue weighted by Crippen LogP contribution is 2.52. The monoisotopic (exact) mass is 886 g/mol. The first-order chi connectivity index (χ1) is 33.9. The summed E-state index contributed by atoms with van der Waals surface area (Å²) < 4.78 is 0. The summed E-state index contributed by atoms with van der Waals surface area (Å²) in [6.45, 7) is 6.41. The van der Waals surface area contributed by atoms with E-state index >= 15 is 0 Å². The summed E-state index contributed by atoms with van der Waals surface area (Å²) in [6, 6.07) is 85.5. The van der Waals surface area contributed by atoms with Crippen molar-refractivity contribution in [3.05, 3.63) is 283 Å². The first-order valence-corrected chi connectivity index (χ1v) is 24.1. The van der Waals surface area contributed by atoms with E-state index in [1.807, 2.05) is 18.2 Å². The van der Waals surface area contributed by atoms with Crippen LogP contribution in [0.5, 0.6) is 0 Å². The number of hydrogen-bond acceptors (Lipinski definition) is 2. The van der Waals surface area contributed by atoms with E-state index in [1.165, 1.54) is 93.5 Å². The topological polar surface area (TPSA) is 6.48 Å². The maximum Gasteiger partial charge on any atom is 0.0503 e. The fourth-order valence-corrected chi connectivity index (χ4v) is 10.2. The number of allylic oxidation sites excluding steroid dienone is 4. The lowest BCUT2D eigenvalue weighted by Crippen LogP contribution is -2.14. The van der Waals surface area contributed by atoms with Crippen LogP contribution < -0.4 is 9.80 Å². The van der Waals surface area contributed by atoms with E-state index < -0.39 is 0 Å². The zero-order valence-corrected chi connectivity index (χ0v) is 39.4. The number of nitrogens with zero attached hydrogens (tertiary/aromatic N) is 2. The Bertz CT molecular complexity index is 3700. The van der Waals surface area contributed by atoms with Crippen molar-refractivity contribution >= 4 is 71.5 Å². The second kappa shape index (κ2) is 19.0. The normalized spacial score (nSPS) is 13.5. The van der Waals surface area contributed by atoms with Crippen LogP contribution in [-0.4, -0.2) is 0 Å². The highest BCUT2D eigenvalue weighted by molar-refractivity contribution is 6.08. The molecule has 2 aliphatic rings. The number of rotatable bonds is 5. The molecule has 0 spiro atoms. The van der Waals surface area contributed by atoms with Crippen molar-refractivity contribution in [2.75, 3.05) is 9.80 Å². The maximum absolute atomic E-state index is 2.50. The van der Waals surface area contributed by atoms with Gasteiger partial charge in [0.1, 0.15) is 0 Å². The van der Waals surface area contributed by atoms with Gasteiger partial charge in [-0.2, -0.15) is 0 Å². The summed E-state index contributed by atoms with van der Waals surface area (Å²) in [5, 5.41) is 10.2. The molecule has 1 aliphatic carbocycles. The van der Waals surface area contributed by atoms with E-state index in [4.69, 9.17) is 0 Å². The average molecular weight is 887 g/mol. The summed E-state index contributed by atoms with van der Waals surface area (Å²) in [6.07, 6.45) is 7.85. The Labute approximate surface area is 406 Å². The molecular formula is C67H54N2. The van der Waals surface area contributed by atoms with E-state index in [0.717, 1.165) is 23.5 Å². The molecule has 0 aromatic heterocycles. The van der Waals surface area contributed by atoms with Gasteiger partial charge >= 0.3 is 0 Å². The molecule has 332 valence electrons. The molecule has 13 rings (SSSR count). The van der Waals surface area contributed by atoms with Crippen LogP contribution in [0.1, 0.15) is 34.6 Å². The lowest BCUT2D eigenvalue weighted by Gasteiger charge is -2.27. The molecule has 2 nitrogen and oxygen atoms in total. The van der Waals surface area contributed by atoms with Crippen LogP contribution in [0.15, 0.2) is 261 Å². The van der Waals surface area contributed by atoms with E-state index in [-0.39, 0.29) is 0 Å². The molecular weight excluding hydrogens is 833 g/mol. The quantitative estimate of drug-likeness (QED) is 0.159. The minimum absolute atomic E-state index is 0.348. The SMILES string of the molecule is Cc1cc(-c2ccc3c(c2)N(c2ccc4c(ccc5ccccc54)c2)C2=CC=CCC23)cc(N(c2ccccc2)c2ccc3ccccc3c2)c1.Cc1ccc2ccccc2c1.Cc1ccccc1. The van der Waals surface area contributed by atoms with Crippen molar-refractivity contribution < 1.29 is 0 Å². The van der Waals surface area contributed by atoms with Crippen LogP contribution in [0.4, 0.5) is 28.4 Å². The van der Waals surface area contributed by atoms with E-state index in [1.54, 1.807) is 0 Å². The largest absolute Gasteiger partial charge is 0.313 e. The fraction of sp³-hybridized carbons (Fsp3) is 0.0746. The molecule has 0 radical (unpaired) electrons. The van der Waals surface area contributed by atoms with Gasteiger partial charge in [-0.25, -0.2) is 0 Å². The summed E-state index contributed by atoms with van der Waals surface area (Å²) >= 11 is 0. The lowest BCUT2D eigenvalue weighted by atomic mass is 9.91. The van der Waals surface area contributed by atoms with Gasteiger partial charge in [-0.3, -0.25) is 0 Å². The molecule has 0 N–H and O–H groups in total. The Balaban J connectivity index is 0.000000240. The van der Waals surface area contributed by atoms with Crippen LogP contribution in [0.2, 0.25) is 0 Å². The Morgan fingerprint density at radius 2 is 1.03 bits per heavy atom. The predicted octanol–water partition coefficient (Wildman–Crippen LogP) is 18.8. The van der Waals surface area contributed by atoms with Gasteiger partial charge < -0.3 is 9.80 Å². The smallest absolute Gasteiger partial charge is 0.0503 e. The van der Waals surface area contributed by atoms with Gasteiger partial charge in [0, 0.05) is 34.4 Å². The Morgan fingerprint density at radius 1 is 0.391 bits per heavy atom. The van der Waals surface area contributed by atoms with Crippen molar-refractivity contribution in [2.45, 2.75) is 33.1 Å². The van der Waals surface area contributed by atoms with Crippen LogP contribution in [0.25, 0.3) is 54.2 Å². The molecule has 1 aliphatic heterocycles. The number of hydrogen-bond donors (Lipinski definition) is 0. The second-order valence-electron chi connectivity index (χ2n) is 18.4. The summed E-state index contributed by atoms with van der Waals surface area (Å²) in [4.78, 5) is 4.89. The van der Waals surface area contributed by atoms with E-state index in [2.05, 4.69) is 267 Å². The molecule has 0 saturated heterocycles. The van der Waals surface area contributed by atoms with Gasteiger partial charge in [-0.05, 0) is 153 Å². The summed E-state index contributed by atoms with van der Waals surface area (Å²) in [7, 11) is 0. The van der Waals surface area contributed by atoms with Crippen molar-refractivity contribution in [3.8, 4) is 11.1 Å². The van der Waals surface area contributed by atoms with Crippen LogP contribution in [-0.2, 0) is 0 Å². The van der Waals surface area contributed by atoms with Crippen LogP contribution >= 0.6 is 0 Å². The molecule has 2 heteroatoms. The fourth-order valence-electron chi connectivity index (χ4n) is 10.2.